The van der Waals surface area contributed by atoms with Crippen LogP contribution in [0.15, 0.2) is 48.0 Å². The number of rotatable bonds is 2. The van der Waals surface area contributed by atoms with Gasteiger partial charge in [0.2, 0.25) is 0 Å². The van der Waals surface area contributed by atoms with Crippen molar-refractivity contribution in [3.8, 4) is 0 Å². The molecule has 3 aromatic rings. The van der Waals surface area contributed by atoms with Crippen LogP contribution in [0.4, 0.5) is 0 Å². The Labute approximate surface area is 158 Å². The Morgan fingerprint density at radius 2 is 1.88 bits per heavy atom. The number of thiazole rings is 1. The lowest BCUT2D eigenvalue weighted by Crippen LogP contribution is -2.49. The molecule has 2 aromatic carbocycles. The fraction of sp³-hybridized carbons (Fsp3) is 0.381. The Bertz CT molecular complexity index is 918. The number of hydrogen-bond acceptors (Lipinski definition) is 5. The largest absolute Gasteiger partial charge is 0.379 e. The Morgan fingerprint density at radius 3 is 2.73 bits per heavy atom. The third-order valence-electron chi connectivity index (χ3n) is 5.69. The molecule has 3 heterocycles. The highest BCUT2D eigenvalue weighted by atomic mass is 32.1. The number of likely N-dealkylation sites (N-methyl/N-ethyl adjacent to an activating group) is 1. The quantitative estimate of drug-likeness (QED) is 0.692. The lowest BCUT2D eigenvalue weighted by atomic mass is 9.83. The van der Waals surface area contributed by atoms with Gasteiger partial charge in [0.1, 0.15) is 0 Å². The van der Waals surface area contributed by atoms with Crippen molar-refractivity contribution in [3.05, 3.63) is 64.7 Å². The second kappa shape index (κ2) is 6.74. The maximum Gasteiger partial charge on any atom is 0.0888 e. The van der Waals surface area contributed by atoms with Gasteiger partial charge in [0.15, 0.2) is 0 Å². The number of nitrogens with zero attached hydrogens (tertiary/aromatic N) is 3. The number of fused-ring (bicyclic) bond motifs is 2. The van der Waals surface area contributed by atoms with E-state index in [-0.39, 0.29) is 0 Å². The van der Waals surface area contributed by atoms with Crippen LogP contribution in [-0.4, -0.2) is 54.7 Å². The highest BCUT2D eigenvalue weighted by Crippen LogP contribution is 2.40. The first kappa shape index (κ1) is 16.4. The van der Waals surface area contributed by atoms with Crippen molar-refractivity contribution >= 4 is 21.6 Å². The summed E-state index contributed by atoms with van der Waals surface area (Å²) < 4.78 is 6.83. The van der Waals surface area contributed by atoms with E-state index < -0.39 is 0 Å². The zero-order valence-corrected chi connectivity index (χ0v) is 15.8. The Morgan fingerprint density at radius 1 is 1.08 bits per heavy atom. The maximum atomic E-state index is 5.57. The summed E-state index contributed by atoms with van der Waals surface area (Å²) in [5.41, 5.74) is 7.30. The first-order chi connectivity index (χ1) is 12.8. The second-order valence-corrected chi connectivity index (χ2v) is 8.11. The molecule has 0 spiro atoms. The van der Waals surface area contributed by atoms with Crippen molar-refractivity contribution < 1.29 is 4.74 Å². The number of benzene rings is 2. The number of morpholine rings is 1. The van der Waals surface area contributed by atoms with Gasteiger partial charge in [0, 0.05) is 25.6 Å². The van der Waals surface area contributed by atoms with Crippen molar-refractivity contribution in [2.75, 3.05) is 39.9 Å². The molecule has 0 amide bonds. The van der Waals surface area contributed by atoms with Gasteiger partial charge in [-0.25, -0.2) is 4.98 Å². The van der Waals surface area contributed by atoms with Crippen LogP contribution in [-0.2, 0) is 4.74 Å². The molecule has 2 aliphatic heterocycles. The molecule has 5 heteroatoms. The van der Waals surface area contributed by atoms with Crippen molar-refractivity contribution in [3.63, 3.8) is 0 Å². The van der Waals surface area contributed by atoms with Gasteiger partial charge >= 0.3 is 0 Å². The highest BCUT2D eigenvalue weighted by molar-refractivity contribution is 7.16. The number of aromatic nitrogens is 1. The van der Waals surface area contributed by atoms with Gasteiger partial charge in [-0.1, -0.05) is 30.3 Å². The molecular formula is C21H23N3OS. The predicted molar refractivity (Wildman–Crippen MR) is 106 cm³/mol. The summed E-state index contributed by atoms with van der Waals surface area (Å²) in [6.07, 6.45) is 0.342. The molecule has 4 nitrogen and oxygen atoms in total. The summed E-state index contributed by atoms with van der Waals surface area (Å²) in [5, 5.41) is 0. The molecule has 2 aliphatic rings. The van der Waals surface area contributed by atoms with Gasteiger partial charge in [-0.15, -0.1) is 11.3 Å². The van der Waals surface area contributed by atoms with Gasteiger partial charge in [-0.2, -0.15) is 0 Å². The average molecular weight is 366 g/mol. The standard InChI is InChI=1S/C21H23N3OS/c1-23-13-18(15-6-7-20-19(12-15)22-14-26-20)16-4-2-3-5-17(16)21(23)24-8-10-25-11-9-24/h2-7,12,14,18,21H,8-11,13H2,1H3. The molecule has 1 aromatic heterocycles. The van der Waals surface area contributed by atoms with Crippen LogP contribution in [0.1, 0.15) is 28.8 Å². The fourth-order valence-corrected chi connectivity index (χ4v) is 5.12. The molecule has 134 valence electrons. The molecule has 0 radical (unpaired) electrons. The van der Waals surface area contributed by atoms with Crippen LogP contribution in [0.2, 0.25) is 0 Å². The van der Waals surface area contributed by atoms with Crippen LogP contribution in [0.3, 0.4) is 0 Å². The molecule has 1 saturated heterocycles. The van der Waals surface area contributed by atoms with Gasteiger partial charge in [-0.3, -0.25) is 9.80 Å². The maximum absolute atomic E-state index is 5.57. The molecule has 0 bridgehead atoms. The molecule has 5 rings (SSSR count). The van der Waals surface area contributed by atoms with E-state index in [1.165, 1.54) is 21.4 Å². The summed E-state index contributed by atoms with van der Waals surface area (Å²) in [6.45, 7) is 4.68. The molecule has 0 N–H and O–H groups in total. The molecular weight excluding hydrogens is 342 g/mol. The van der Waals surface area contributed by atoms with Crippen LogP contribution in [0.25, 0.3) is 10.2 Å². The van der Waals surface area contributed by atoms with Crippen molar-refractivity contribution in [2.24, 2.45) is 0 Å². The van der Waals surface area contributed by atoms with E-state index >= 15 is 0 Å². The van der Waals surface area contributed by atoms with Crippen LogP contribution < -0.4 is 0 Å². The lowest BCUT2D eigenvalue weighted by molar-refractivity contribution is -0.0324. The van der Waals surface area contributed by atoms with Crippen molar-refractivity contribution in [1.29, 1.82) is 0 Å². The Kier molecular flexibility index (Phi) is 4.25. The molecule has 0 saturated carbocycles. The number of ether oxygens (including phenoxy) is 1. The molecule has 0 aliphatic carbocycles. The topological polar surface area (TPSA) is 28.6 Å². The van der Waals surface area contributed by atoms with E-state index in [0.717, 1.165) is 38.4 Å². The Hall–Kier alpha value is -1.79. The minimum absolute atomic E-state index is 0.342. The van der Waals surface area contributed by atoms with Gasteiger partial charge in [0.25, 0.3) is 0 Å². The lowest BCUT2D eigenvalue weighted by Gasteiger charge is -2.45. The van der Waals surface area contributed by atoms with E-state index in [4.69, 9.17) is 4.74 Å². The monoisotopic (exact) mass is 365 g/mol. The average Bonchev–Trinajstić information content (AvgIpc) is 3.16. The fourth-order valence-electron chi connectivity index (χ4n) is 4.46. The predicted octanol–water partition coefficient (Wildman–Crippen LogP) is 3.70. The van der Waals surface area contributed by atoms with Crippen molar-refractivity contribution in [2.45, 2.75) is 12.1 Å². The smallest absolute Gasteiger partial charge is 0.0888 e. The van der Waals surface area contributed by atoms with Crippen LogP contribution >= 0.6 is 11.3 Å². The second-order valence-electron chi connectivity index (χ2n) is 7.22. The third kappa shape index (κ3) is 2.76. The molecule has 1 fully saturated rings. The van der Waals surface area contributed by atoms with E-state index in [0.29, 0.717) is 12.1 Å². The van der Waals surface area contributed by atoms with Crippen LogP contribution in [0.5, 0.6) is 0 Å². The molecule has 26 heavy (non-hydrogen) atoms. The van der Waals surface area contributed by atoms with Gasteiger partial charge in [-0.05, 0) is 35.9 Å². The summed E-state index contributed by atoms with van der Waals surface area (Å²) in [6, 6.07) is 15.7. The minimum Gasteiger partial charge on any atom is -0.379 e. The molecule has 2 atom stereocenters. The van der Waals surface area contributed by atoms with E-state index in [1.54, 1.807) is 11.3 Å². The summed E-state index contributed by atoms with van der Waals surface area (Å²) in [5.74, 6) is 0.389. The van der Waals surface area contributed by atoms with E-state index in [9.17, 15) is 0 Å². The normalized spacial score (nSPS) is 24.7. The zero-order valence-electron chi connectivity index (χ0n) is 15.0. The van der Waals surface area contributed by atoms with Gasteiger partial charge < -0.3 is 4.74 Å². The van der Waals surface area contributed by atoms with Crippen molar-refractivity contribution in [1.82, 2.24) is 14.8 Å². The van der Waals surface area contributed by atoms with Crippen LogP contribution in [0, 0.1) is 0 Å². The summed E-state index contributed by atoms with van der Waals surface area (Å²) >= 11 is 1.71. The third-order valence-corrected chi connectivity index (χ3v) is 6.50. The summed E-state index contributed by atoms with van der Waals surface area (Å²) in [7, 11) is 2.25. The zero-order chi connectivity index (χ0) is 17.5. The van der Waals surface area contributed by atoms with Gasteiger partial charge in [0.05, 0.1) is 35.1 Å². The summed E-state index contributed by atoms with van der Waals surface area (Å²) in [4.78, 5) is 9.58. The van der Waals surface area contributed by atoms with E-state index in [1.807, 2.05) is 5.51 Å². The molecule has 2 unspecified atom stereocenters. The Balaban J connectivity index is 1.56. The first-order valence-corrected chi connectivity index (χ1v) is 10.1. The number of hydrogen-bond donors (Lipinski definition) is 0. The van der Waals surface area contributed by atoms with E-state index in [2.05, 4.69) is 64.3 Å². The SMILES string of the molecule is CN1CC(c2ccc3scnc3c2)c2ccccc2C1N1CCOCC1. The highest BCUT2D eigenvalue weighted by Gasteiger charge is 2.35. The first-order valence-electron chi connectivity index (χ1n) is 9.25. The minimum atomic E-state index is 0.342.